The Morgan fingerprint density at radius 2 is 2.32 bits per heavy atom. The minimum atomic E-state index is -0.502. The fraction of sp³-hybridized carbons (Fsp3) is 0.583. The number of alkyl halides is 1. The van der Waals surface area contributed by atoms with Crippen molar-refractivity contribution < 1.29 is 9.72 Å². The lowest BCUT2D eigenvalue weighted by Crippen LogP contribution is -2.41. The summed E-state index contributed by atoms with van der Waals surface area (Å²) in [4.78, 5) is 27.1. The van der Waals surface area contributed by atoms with E-state index >= 15 is 0 Å². The highest BCUT2D eigenvalue weighted by Crippen LogP contribution is 2.22. The number of carbonyl (C=O) groups is 1. The Bertz CT molecular complexity index is 475. The molecule has 1 aromatic heterocycles. The van der Waals surface area contributed by atoms with E-state index in [0.29, 0.717) is 12.2 Å². The predicted molar refractivity (Wildman–Crippen MR) is 74.5 cm³/mol. The van der Waals surface area contributed by atoms with Crippen LogP contribution in [0.3, 0.4) is 0 Å². The normalized spacial score (nSPS) is 20.1. The number of H-pyrrole nitrogens is 1. The second-order valence-electron chi connectivity index (χ2n) is 4.68. The first-order chi connectivity index (χ1) is 9.13. The second kappa shape index (κ2) is 6.18. The third kappa shape index (κ3) is 3.15. The minimum absolute atomic E-state index is 0.0754. The SMILES string of the molecule is O=C(c1cc([N+](=O)[O-])c[nH]1)N1CCCCCC1CBr. The van der Waals surface area contributed by atoms with E-state index in [0.717, 1.165) is 31.0 Å². The maximum atomic E-state index is 12.4. The summed E-state index contributed by atoms with van der Waals surface area (Å²) < 4.78 is 0. The summed E-state index contributed by atoms with van der Waals surface area (Å²) >= 11 is 3.44. The molecule has 19 heavy (non-hydrogen) atoms. The van der Waals surface area contributed by atoms with Crippen molar-refractivity contribution in [1.82, 2.24) is 9.88 Å². The number of nitrogens with one attached hydrogen (secondary N) is 1. The maximum Gasteiger partial charge on any atom is 0.287 e. The number of aromatic nitrogens is 1. The van der Waals surface area contributed by atoms with Crippen LogP contribution in [0.4, 0.5) is 5.69 Å². The van der Waals surface area contributed by atoms with Gasteiger partial charge in [0.05, 0.1) is 11.1 Å². The van der Waals surface area contributed by atoms with E-state index in [-0.39, 0.29) is 17.6 Å². The van der Waals surface area contributed by atoms with Crippen molar-refractivity contribution in [2.45, 2.75) is 31.7 Å². The van der Waals surface area contributed by atoms with Crippen LogP contribution in [0, 0.1) is 10.1 Å². The average molecular weight is 330 g/mol. The van der Waals surface area contributed by atoms with Crippen LogP contribution in [0.25, 0.3) is 0 Å². The van der Waals surface area contributed by atoms with E-state index in [1.165, 1.54) is 12.3 Å². The van der Waals surface area contributed by atoms with Crippen molar-refractivity contribution in [3.05, 3.63) is 28.1 Å². The van der Waals surface area contributed by atoms with Gasteiger partial charge in [0.1, 0.15) is 5.69 Å². The number of carbonyl (C=O) groups excluding carboxylic acids is 1. The highest BCUT2D eigenvalue weighted by molar-refractivity contribution is 9.09. The van der Waals surface area contributed by atoms with Crippen molar-refractivity contribution in [3.8, 4) is 0 Å². The van der Waals surface area contributed by atoms with Gasteiger partial charge in [-0.15, -0.1) is 0 Å². The molecule has 1 saturated heterocycles. The number of aromatic amines is 1. The molecule has 104 valence electrons. The lowest BCUT2D eigenvalue weighted by molar-refractivity contribution is -0.384. The molecule has 1 unspecified atom stereocenters. The molecule has 0 spiro atoms. The van der Waals surface area contributed by atoms with Gasteiger partial charge in [-0.1, -0.05) is 28.8 Å². The summed E-state index contributed by atoms with van der Waals surface area (Å²) in [5, 5.41) is 11.4. The molecule has 1 aromatic rings. The number of rotatable bonds is 3. The van der Waals surface area contributed by atoms with Gasteiger partial charge in [0.15, 0.2) is 0 Å². The molecule has 1 atom stereocenters. The van der Waals surface area contributed by atoms with Crippen molar-refractivity contribution in [2.24, 2.45) is 0 Å². The Hall–Kier alpha value is -1.37. The standard InChI is InChI=1S/C12H16BrN3O3/c13-7-9-4-2-1-3-5-15(9)12(17)11-6-10(8-14-11)16(18)19/h6,8-9,14H,1-5,7H2. The first-order valence-corrected chi connectivity index (χ1v) is 7.45. The monoisotopic (exact) mass is 329 g/mol. The predicted octanol–water partition coefficient (Wildman–Crippen LogP) is 2.70. The average Bonchev–Trinajstić information content (AvgIpc) is 2.77. The molecule has 1 amide bonds. The second-order valence-corrected chi connectivity index (χ2v) is 5.33. The van der Waals surface area contributed by atoms with E-state index < -0.39 is 4.92 Å². The molecular formula is C12H16BrN3O3. The number of hydrogen-bond acceptors (Lipinski definition) is 3. The summed E-state index contributed by atoms with van der Waals surface area (Å²) in [5.41, 5.74) is 0.216. The highest BCUT2D eigenvalue weighted by Gasteiger charge is 2.27. The fourth-order valence-corrected chi connectivity index (χ4v) is 3.04. The van der Waals surface area contributed by atoms with Gasteiger partial charge in [-0.25, -0.2) is 0 Å². The number of amides is 1. The highest BCUT2D eigenvalue weighted by atomic mass is 79.9. The minimum Gasteiger partial charge on any atom is -0.351 e. The largest absolute Gasteiger partial charge is 0.351 e. The van der Waals surface area contributed by atoms with E-state index in [1.807, 2.05) is 4.90 Å². The number of likely N-dealkylation sites (tertiary alicyclic amines) is 1. The molecule has 2 heterocycles. The van der Waals surface area contributed by atoms with E-state index in [4.69, 9.17) is 0 Å². The van der Waals surface area contributed by atoms with Gasteiger partial charge in [0, 0.05) is 24.0 Å². The number of halogens is 1. The quantitative estimate of drug-likeness (QED) is 0.526. The van der Waals surface area contributed by atoms with Crippen LogP contribution in [0.5, 0.6) is 0 Å². The lowest BCUT2D eigenvalue weighted by Gasteiger charge is -2.28. The molecular weight excluding hydrogens is 314 g/mol. The molecule has 0 aliphatic carbocycles. The summed E-state index contributed by atoms with van der Waals surface area (Å²) in [6.45, 7) is 0.710. The molecule has 6 nitrogen and oxygen atoms in total. The molecule has 0 radical (unpaired) electrons. The smallest absolute Gasteiger partial charge is 0.287 e. The van der Waals surface area contributed by atoms with Gasteiger partial charge in [-0.3, -0.25) is 14.9 Å². The molecule has 1 aliphatic heterocycles. The third-order valence-corrected chi connectivity index (χ3v) is 4.17. The lowest BCUT2D eigenvalue weighted by atomic mass is 10.1. The first-order valence-electron chi connectivity index (χ1n) is 6.33. The van der Waals surface area contributed by atoms with Gasteiger partial charge in [-0.05, 0) is 12.8 Å². The molecule has 0 aromatic carbocycles. The van der Waals surface area contributed by atoms with Crippen molar-refractivity contribution >= 4 is 27.5 Å². The Balaban J connectivity index is 2.17. The molecule has 7 heteroatoms. The van der Waals surface area contributed by atoms with Crippen LogP contribution in [0.15, 0.2) is 12.3 Å². The van der Waals surface area contributed by atoms with Gasteiger partial charge in [-0.2, -0.15) is 0 Å². The maximum absolute atomic E-state index is 12.4. The number of nitrogens with zero attached hydrogens (tertiary/aromatic N) is 2. The Morgan fingerprint density at radius 1 is 1.53 bits per heavy atom. The first kappa shape index (κ1) is 14.0. The zero-order valence-corrected chi connectivity index (χ0v) is 12.1. The molecule has 1 aliphatic rings. The van der Waals surface area contributed by atoms with Crippen molar-refractivity contribution in [1.29, 1.82) is 0 Å². The number of nitro groups is 1. The van der Waals surface area contributed by atoms with Crippen LogP contribution in [-0.4, -0.2) is 38.6 Å². The topological polar surface area (TPSA) is 79.2 Å². The zero-order valence-electron chi connectivity index (χ0n) is 10.5. The van der Waals surface area contributed by atoms with Crippen molar-refractivity contribution in [2.75, 3.05) is 11.9 Å². The molecule has 1 N–H and O–H groups in total. The van der Waals surface area contributed by atoms with Crippen LogP contribution in [0.1, 0.15) is 36.2 Å². The summed E-state index contributed by atoms with van der Waals surface area (Å²) in [6.07, 6.45) is 5.45. The van der Waals surface area contributed by atoms with Crippen LogP contribution >= 0.6 is 15.9 Å². The summed E-state index contributed by atoms with van der Waals surface area (Å²) in [6, 6.07) is 1.47. The van der Waals surface area contributed by atoms with E-state index in [1.54, 1.807) is 0 Å². The Labute approximate surface area is 119 Å². The van der Waals surface area contributed by atoms with Gasteiger partial charge < -0.3 is 9.88 Å². The molecule has 0 saturated carbocycles. The van der Waals surface area contributed by atoms with E-state index in [2.05, 4.69) is 20.9 Å². The van der Waals surface area contributed by atoms with E-state index in [9.17, 15) is 14.9 Å². The molecule has 2 rings (SSSR count). The van der Waals surface area contributed by atoms with Crippen molar-refractivity contribution in [3.63, 3.8) is 0 Å². The van der Waals surface area contributed by atoms with Gasteiger partial charge in [0.25, 0.3) is 11.6 Å². The Morgan fingerprint density at radius 3 is 2.95 bits per heavy atom. The van der Waals surface area contributed by atoms with Crippen LogP contribution in [0.2, 0.25) is 0 Å². The summed E-state index contributed by atoms with van der Waals surface area (Å²) in [5.74, 6) is -0.153. The molecule has 1 fully saturated rings. The summed E-state index contributed by atoms with van der Waals surface area (Å²) in [7, 11) is 0. The number of hydrogen-bond donors (Lipinski definition) is 1. The van der Waals surface area contributed by atoms with Gasteiger partial charge >= 0.3 is 0 Å². The fourth-order valence-electron chi connectivity index (χ4n) is 2.37. The third-order valence-electron chi connectivity index (χ3n) is 3.43. The van der Waals surface area contributed by atoms with Crippen LogP contribution < -0.4 is 0 Å². The Kier molecular flexibility index (Phi) is 4.57. The zero-order chi connectivity index (χ0) is 13.8. The molecule has 0 bridgehead atoms. The van der Waals surface area contributed by atoms with Gasteiger partial charge in [0.2, 0.25) is 0 Å². The van der Waals surface area contributed by atoms with Crippen LogP contribution in [-0.2, 0) is 0 Å².